The molecule has 0 saturated heterocycles. The normalized spacial score (nSPS) is 9.81. The van der Waals surface area contributed by atoms with Crippen molar-refractivity contribution in [3.8, 4) is 5.75 Å². The predicted molar refractivity (Wildman–Crippen MR) is 56.1 cm³/mol. The summed E-state index contributed by atoms with van der Waals surface area (Å²) in [4.78, 5) is 24.5. The minimum absolute atomic E-state index is 0.0657. The van der Waals surface area contributed by atoms with Crippen molar-refractivity contribution in [3.63, 3.8) is 0 Å². The highest BCUT2D eigenvalue weighted by Crippen LogP contribution is 2.24. The van der Waals surface area contributed by atoms with E-state index in [1.807, 2.05) is 6.92 Å². The Hall–Kier alpha value is -2.18. The zero-order chi connectivity index (χ0) is 12.1. The molecule has 1 rings (SSSR count). The highest BCUT2D eigenvalue weighted by Gasteiger charge is 2.12. The van der Waals surface area contributed by atoms with Crippen LogP contribution in [-0.4, -0.2) is 20.9 Å². The molecule has 0 unspecified atom stereocenters. The number of hydrogen-bond acceptors (Lipinski definition) is 5. The Balaban J connectivity index is 2.83. The van der Waals surface area contributed by atoms with Gasteiger partial charge in [0.05, 0.1) is 11.0 Å². The van der Waals surface area contributed by atoms with Crippen LogP contribution in [-0.2, 0) is 4.79 Å². The van der Waals surface area contributed by atoms with Crippen LogP contribution < -0.4 is 5.32 Å². The highest BCUT2D eigenvalue weighted by molar-refractivity contribution is 5.91. The van der Waals surface area contributed by atoms with Gasteiger partial charge in [-0.15, -0.1) is 0 Å². The molecule has 86 valence electrons. The summed E-state index contributed by atoms with van der Waals surface area (Å²) in [5.41, 5.74) is -0.328. The average Bonchev–Trinajstić information content (AvgIpc) is 2.21. The molecule has 1 heterocycles. The molecule has 1 amide bonds. The molecule has 0 saturated carbocycles. The smallest absolute Gasteiger partial charge is 0.291 e. The van der Waals surface area contributed by atoms with Crippen LogP contribution in [0.1, 0.15) is 19.8 Å². The number of aromatic nitrogens is 1. The number of nitrogens with one attached hydrogen (secondary N) is 1. The van der Waals surface area contributed by atoms with Gasteiger partial charge >= 0.3 is 0 Å². The standard InChI is InChI=1S/C9H11N3O4/c1-2-3-8(14)11-9-7(13)4-6(5-10-9)12(15)16/h4-5,13H,2-3H2,1H3,(H,10,11,14). The van der Waals surface area contributed by atoms with E-state index in [2.05, 4.69) is 10.3 Å². The van der Waals surface area contributed by atoms with Gasteiger partial charge in [0.2, 0.25) is 5.91 Å². The lowest BCUT2D eigenvalue weighted by atomic mass is 10.3. The molecule has 7 heteroatoms. The second kappa shape index (κ2) is 5.06. The summed E-state index contributed by atoms with van der Waals surface area (Å²) in [6.45, 7) is 1.84. The van der Waals surface area contributed by atoms with Crippen LogP contribution in [0.25, 0.3) is 0 Å². The lowest BCUT2D eigenvalue weighted by Crippen LogP contribution is -2.11. The number of carbonyl (C=O) groups is 1. The molecule has 1 aromatic rings. The molecular formula is C9H11N3O4. The fourth-order valence-corrected chi connectivity index (χ4v) is 1.06. The zero-order valence-corrected chi connectivity index (χ0v) is 8.64. The minimum atomic E-state index is -0.676. The fourth-order valence-electron chi connectivity index (χ4n) is 1.06. The van der Waals surface area contributed by atoms with E-state index in [9.17, 15) is 20.0 Å². The van der Waals surface area contributed by atoms with Gasteiger partial charge in [-0.3, -0.25) is 14.9 Å². The van der Waals surface area contributed by atoms with Crippen LogP contribution in [0.5, 0.6) is 5.75 Å². The fraction of sp³-hybridized carbons (Fsp3) is 0.333. The first-order chi connectivity index (χ1) is 7.54. The van der Waals surface area contributed by atoms with Gasteiger partial charge in [-0.25, -0.2) is 4.98 Å². The topological polar surface area (TPSA) is 105 Å². The summed E-state index contributed by atoms with van der Waals surface area (Å²) in [7, 11) is 0. The molecular weight excluding hydrogens is 214 g/mol. The molecule has 0 radical (unpaired) electrons. The van der Waals surface area contributed by atoms with Crippen molar-refractivity contribution in [3.05, 3.63) is 22.4 Å². The third-order valence-electron chi connectivity index (χ3n) is 1.80. The van der Waals surface area contributed by atoms with Crippen molar-refractivity contribution in [1.82, 2.24) is 4.98 Å². The SMILES string of the molecule is CCCC(=O)Nc1ncc([N+](=O)[O-])cc1O. The Bertz CT molecular complexity index is 419. The number of anilines is 1. The molecule has 0 aliphatic heterocycles. The number of pyridine rings is 1. The quantitative estimate of drug-likeness (QED) is 0.595. The number of nitrogens with zero attached hydrogens (tertiary/aromatic N) is 2. The van der Waals surface area contributed by atoms with E-state index in [4.69, 9.17) is 0 Å². The van der Waals surface area contributed by atoms with Gasteiger partial charge in [0, 0.05) is 6.42 Å². The van der Waals surface area contributed by atoms with Crippen molar-refractivity contribution in [2.24, 2.45) is 0 Å². The lowest BCUT2D eigenvalue weighted by Gasteiger charge is -2.04. The summed E-state index contributed by atoms with van der Waals surface area (Å²) < 4.78 is 0. The van der Waals surface area contributed by atoms with E-state index >= 15 is 0 Å². The van der Waals surface area contributed by atoms with Crippen molar-refractivity contribution in [1.29, 1.82) is 0 Å². The lowest BCUT2D eigenvalue weighted by molar-refractivity contribution is -0.385. The zero-order valence-electron chi connectivity index (χ0n) is 8.64. The molecule has 0 bridgehead atoms. The minimum Gasteiger partial charge on any atom is -0.504 e. The van der Waals surface area contributed by atoms with E-state index in [1.54, 1.807) is 0 Å². The summed E-state index contributed by atoms with van der Waals surface area (Å²) >= 11 is 0. The Morgan fingerprint density at radius 3 is 2.88 bits per heavy atom. The van der Waals surface area contributed by atoms with E-state index in [-0.39, 0.29) is 17.4 Å². The summed E-state index contributed by atoms with van der Waals surface area (Å²) in [5.74, 6) is -0.776. The van der Waals surface area contributed by atoms with Gasteiger partial charge in [0.15, 0.2) is 11.6 Å². The first-order valence-corrected chi connectivity index (χ1v) is 4.67. The number of aromatic hydroxyl groups is 1. The van der Waals surface area contributed by atoms with Gasteiger partial charge in [-0.05, 0) is 6.42 Å². The molecule has 0 aliphatic rings. The molecule has 7 nitrogen and oxygen atoms in total. The van der Waals surface area contributed by atoms with Crippen molar-refractivity contribution >= 4 is 17.4 Å². The summed E-state index contributed by atoms with van der Waals surface area (Å²) in [5, 5.41) is 22.1. The maximum atomic E-state index is 11.2. The number of rotatable bonds is 4. The Morgan fingerprint density at radius 1 is 1.69 bits per heavy atom. The van der Waals surface area contributed by atoms with Gasteiger partial charge in [-0.2, -0.15) is 0 Å². The van der Waals surface area contributed by atoms with Gasteiger partial charge in [-0.1, -0.05) is 6.92 Å². The second-order valence-electron chi connectivity index (χ2n) is 3.12. The number of nitro groups is 1. The highest BCUT2D eigenvalue weighted by atomic mass is 16.6. The molecule has 0 spiro atoms. The Labute approximate surface area is 91.3 Å². The van der Waals surface area contributed by atoms with Crippen LogP contribution in [0.2, 0.25) is 0 Å². The number of amides is 1. The maximum Gasteiger partial charge on any atom is 0.291 e. The van der Waals surface area contributed by atoms with Crippen LogP contribution in [0.4, 0.5) is 11.5 Å². The third-order valence-corrected chi connectivity index (χ3v) is 1.80. The Kier molecular flexibility index (Phi) is 3.76. The molecule has 0 fully saturated rings. The number of hydrogen-bond donors (Lipinski definition) is 2. The van der Waals surface area contributed by atoms with Gasteiger partial charge in [0.25, 0.3) is 5.69 Å². The van der Waals surface area contributed by atoms with Gasteiger partial charge in [0.1, 0.15) is 6.20 Å². The molecule has 0 aromatic carbocycles. The predicted octanol–water partition coefficient (Wildman–Crippen LogP) is 1.43. The largest absolute Gasteiger partial charge is 0.504 e. The van der Waals surface area contributed by atoms with Crippen molar-refractivity contribution in [2.75, 3.05) is 5.32 Å². The first-order valence-electron chi connectivity index (χ1n) is 4.67. The van der Waals surface area contributed by atoms with Crippen LogP contribution >= 0.6 is 0 Å². The molecule has 16 heavy (non-hydrogen) atoms. The monoisotopic (exact) mass is 225 g/mol. The molecule has 0 aliphatic carbocycles. The van der Waals surface area contributed by atoms with E-state index in [0.717, 1.165) is 12.3 Å². The van der Waals surface area contributed by atoms with E-state index in [0.29, 0.717) is 12.8 Å². The first kappa shape index (κ1) is 11.9. The summed E-state index contributed by atoms with van der Waals surface area (Å²) in [6, 6.07) is 0.939. The molecule has 1 aromatic heterocycles. The summed E-state index contributed by atoms with van der Waals surface area (Å²) in [6.07, 6.45) is 1.94. The van der Waals surface area contributed by atoms with E-state index in [1.165, 1.54) is 0 Å². The van der Waals surface area contributed by atoms with Crippen molar-refractivity contribution < 1.29 is 14.8 Å². The molecule has 2 N–H and O–H groups in total. The Morgan fingerprint density at radius 2 is 2.38 bits per heavy atom. The van der Waals surface area contributed by atoms with Gasteiger partial charge < -0.3 is 10.4 Å². The van der Waals surface area contributed by atoms with Crippen LogP contribution in [0, 0.1) is 10.1 Å². The van der Waals surface area contributed by atoms with Crippen LogP contribution in [0.3, 0.4) is 0 Å². The van der Waals surface area contributed by atoms with E-state index < -0.39 is 10.7 Å². The second-order valence-corrected chi connectivity index (χ2v) is 3.12. The molecule has 0 atom stereocenters. The number of carbonyl (C=O) groups excluding carboxylic acids is 1. The van der Waals surface area contributed by atoms with Crippen LogP contribution in [0.15, 0.2) is 12.3 Å². The average molecular weight is 225 g/mol. The third kappa shape index (κ3) is 2.91. The van der Waals surface area contributed by atoms with Crippen molar-refractivity contribution in [2.45, 2.75) is 19.8 Å². The maximum absolute atomic E-state index is 11.2.